The number of hydrogen-bond donors (Lipinski definition) is 1. The molecule has 0 saturated carbocycles. The number of furan rings is 1. The van der Waals surface area contributed by atoms with Gasteiger partial charge in [0.2, 0.25) is 5.78 Å². The maximum atomic E-state index is 12.9. The van der Waals surface area contributed by atoms with Gasteiger partial charge in [-0.1, -0.05) is 6.08 Å². The molecule has 0 radical (unpaired) electrons. The first-order chi connectivity index (χ1) is 13.9. The van der Waals surface area contributed by atoms with Gasteiger partial charge in [-0.2, -0.15) is 0 Å². The number of anilines is 1. The van der Waals surface area contributed by atoms with Crippen LogP contribution < -0.4 is 5.32 Å². The smallest absolute Gasteiger partial charge is 0.358 e. The number of carbonyl (C=O) groups excluding carboxylic acids is 2. The van der Waals surface area contributed by atoms with Crippen LogP contribution in [0, 0.1) is 13.8 Å². The van der Waals surface area contributed by atoms with Crippen molar-refractivity contribution in [2.75, 3.05) is 11.9 Å². The Morgan fingerprint density at radius 1 is 1.45 bits per heavy atom. The number of hydrogen-bond acceptors (Lipinski definition) is 7. The first-order valence-electron chi connectivity index (χ1n) is 9.15. The second kappa shape index (κ2) is 8.91. The molecule has 0 amide bonds. The summed E-state index contributed by atoms with van der Waals surface area (Å²) >= 11 is 1.29. The number of Topliss-reactive ketones (excluding diaryl/α,β-unsaturated/α-hetero) is 1. The normalized spacial score (nSPS) is 11.8. The van der Waals surface area contributed by atoms with Crippen molar-refractivity contribution in [3.05, 3.63) is 70.9 Å². The lowest BCUT2D eigenvalue weighted by atomic mass is 10.1. The summed E-state index contributed by atoms with van der Waals surface area (Å²) in [6, 6.07) is 5.52. The van der Waals surface area contributed by atoms with Crippen molar-refractivity contribution in [2.24, 2.45) is 0 Å². The minimum absolute atomic E-state index is 0.171. The number of carbonyl (C=O) groups is 2. The van der Waals surface area contributed by atoms with Crippen LogP contribution in [0.15, 0.2) is 46.9 Å². The van der Waals surface area contributed by atoms with Crippen molar-refractivity contribution in [2.45, 2.75) is 33.4 Å². The quantitative estimate of drug-likeness (QED) is 0.321. The highest BCUT2D eigenvalue weighted by Gasteiger charge is 2.25. The molecule has 8 heteroatoms. The SMILES string of the molecule is C=CCNc1nc(C(=O)OC(C)C(=O)c2cc(C)n(Cc3ccco3)c2C)cs1. The molecule has 1 unspecified atom stereocenters. The highest BCUT2D eigenvalue weighted by atomic mass is 32.1. The molecule has 7 nitrogen and oxygen atoms in total. The monoisotopic (exact) mass is 413 g/mol. The van der Waals surface area contributed by atoms with Crippen LogP contribution in [-0.2, 0) is 11.3 Å². The van der Waals surface area contributed by atoms with Crippen LogP contribution in [-0.4, -0.2) is 34.0 Å². The van der Waals surface area contributed by atoms with Crippen molar-refractivity contribution in [3.63, 3.8) is 0 Å². The summed E-state index contributed by atoms with van der Waals surface area (Å²) < 4.78 is 12.8. The van der Waals surface area contributed by atoms with E-state index in [9.17, 15) is 9.59 Å². The third-order valence-electron chi connectivity index (χ3n) is 4.50. The molecule has 3 heterocycles. The van der Waals surface area contributed by atoms with Gasteiger partial charge in [-0.25, -0.2) is 9.78 Å². The summed E-state index contributed by atoms with van der Waals surface area (Å²) in [4.78, 5) is 29.4. The van der Waals surface area contributed by atoms with Gasteiger partial charge in [-0.3, -0.25) is 4.79 Å². The molecule has 0 aliphatic rings. The average Bonchev–Trinajstić information content (AvgIpc) is 3.43. The van der Waals surface area contributed by atoms with Crippen LogP contribution >= 0.6 is 11.3 Å². The number of ketones is 1. The molecule has 152 valence electrons. The topological polar surface area (TPSA) is 86.4 Å². The third-order valence-corrected chi connectivity index (χ3v) is 5.30. The summed E-state index contributed by atoms with van der Waals surface area (Å²) in [6.07, 6.45) is 2.39. The molecule has 1 N–H and O–H groups in total. The number of esters is 1. The van der Waals surface area contributed by atoms with Gasteiger partial charge in [-0.15, -0.1) is 17.9 Å². The van der Waals surface area contributed by atoms with Gasteiger partial charge in [0.25, 0.3) is 0 Å². The van der Waals surface area contributed by atoms with E-state index in [0.29, 0.717) is 23.8 Å². The van der Waals surface area contributed by atoms with Gasteiger partial charge in [0, 0.05) is 28.9 Å². The molecule has 3 rings (SSSR count). The van der Waals surface area contributed by atoms with E-state index in [1.54, 1.807) is 24.6 Å². The van der Waals surface area contributed by atoms with E-state index in [1.165, 1.54) is 11.3 Å². The molecule has 0 aromatic carbocycles. The van der Waals surface area contributed by atoms with E-state index in [-0.39, 0.29) is 11.5 Å². The predicted molar refractivity (Wildman–Crippen MR) is 112 cm³/mol. The molecule has 3 aromatic rings. The Kier molecular flexibility index (Phi) is 6.33. The van der Waals surface area contributed by atoms with Crippen LogP contribution in [0.1, 0.15) is 44.9 Å². The second-order valence-electron chi connectivity index (χ2n) is 6.57. The van der Waals surface area contributed by atoms with E-state index in [4.69, 9.17) is 9.15 Å². The van der Waals surface area contributed by atoms with E-state index < -0.39 is 12.1 Å². The fraction of sp³-hybridized carbons (Fsp3) is 0.286. The zero-order valence-corrected chi connectivity index (χ0v) is 17.4. The van der Waals surface area contributed by atoms with Gasteiger partial charge in [0.1, 0.15) is 5.76 Å². The molecule has 0 bridgehead atoms. The Labute approximate surface area is 173 Å². The Morgan fingerprint density at radius 2 is 2.24 bits per heavy atom. The minimum Gasteiger partial charge on any atom is -0.467 e. The Hall–Kier alpha value is -3.13. The van der Waals surface area contributed by atoms with E-state index in [1.807, 2.05) is 36.6 Å². The van der Waals surface area contributed by atoms with Crippen molar-refractivity contribution >= 4 is 28.2 Å². The van der Waals surface area contributed by atoms with Gasteiger partial charge < -0.3 is 19.0 Å². The molecule has 1 atom stereocenters. The molecule has 0 aliphatic heterocycles. The minimum atomic E-state index is -0.925. The predicted octanol–water partition coefficient (Wildman–Crippen LogP) is 4.23. The van der Waals surface area contributed by atoms with Gasteiger partial charge in [0.05, 0.1) is 12.8 Å². The van der Waals surface area contributed by atoms with Crippen molar-refractivity contribution in [1.82, 2.24) is 9.55 Å². The molecular formula is C21H23N3O4S. The van der Waals surface area contributed by atoms with E-state index in [0.717, 1.165) is 17.1 Å². The van der Waals surface area contributed by atoms with Gasteiger partial charge >= 0.3 is 5.97 Å². The molecule has 0 fully saturated rings. The molecule has 3 aromatic heterocycles. The second-order valence-corrected chi connectivity index (χ2v) is 7.43. The standard InChI is InChI=1S/C21H23N3O4S/c1-5-8-22-21-23-18(12-29-21)20(26)28-15(4)19(25)17-10-13(2)24(14(17)3)11-16-7-6-9-27-16/h5-7,9-10,12,15H,1,8,11H2,2-4H3,(H,22,23). The summed E-state index contributed by atoms with van der Waals surface area (Å²) in [5, 5.41) is 5.20. The van der Waals surface area contributed by atoms with E-state index in [2.05, 4.69) is 16.9 Å². The van der Waals surface area contributed by atoms with Gasteiger partial charge in [-0.05, 0) is 39.0 Å². The maximum absolute atomic E-state index is 12.9. The summed E-state index contributed by atoms with van der Waals surface area (Å²) in [6.45, 7) is 10.1. The van der Waals surface area contributed by atoms with Crippen LogP contribution in [0.3, 0.4) is 0 Å². The van der Waals surface area contributed by atoms with Crippen molar-refractivity contribution in [3.8, 4) is 0 Å². The summed E-state index contributed by atoms with van der Waals surface area (Å²) in [5.41, 5.74) is 2.43. The number of aromatic nitrogens is 2. The van der Waals surface area contributed by atoms with Crippen LogP contribution in [0.25, 0.3) is 0 Å². The fourth-order valence-corrected chi connectivity index (χ4v) is 3.64. The maximum Gasteiger partial charge on any atom is 0.358 e. The van der Waals surface area contributed by atoms with Crippen LogP contribution in [0.5, 0.6) is 0 Å². The summed E-state index contributed by atoms with van der Waals surface area (Å²) in [5.74, 6) is -0.0785. The fourth-order valence-electron chi connectivity index (χ4n) is 2.95. The average molecular weight is 413 g/mol. The first-order valence-corrected chi connectivity index (χ1v) is 10.0. The molecular weight excluding hydrogens is 390 g/mol. The number of thiazole rings is 1. The van der Waals surface area contributed by atoms with Crippen LogP contribution in [0.4, 0.5) is 5.13 Å². The van der Waals surface area contributed by atoms with Crippen LogP contribution in [0.2, 0.25) is 0 Å². The molecule has 0 aliphatic carbocycles. The molecule has 0 saturated heterocycles. The van der Waals surface area contributed by atoms with Gasteiger partial charge in [0.15, 0.2) is 16.9 Å². The lowest BCUT2D eigenvalue weighted by Crippen LogP contribution is -2.25. The Morgan fingerprint density at radius 3 is 2.93 bits per heavy atom. The number of aryl methyl sites for hydroxylation is 1. The Bertz CT molecular complexity index is 1020. The number of rotatable bonds is 9. The zero-order chi connectivity index (χ0) is 21.0. The zero-order valence-electron chi connectivity index (χ0n) is 16.6. The Balaban J connectivity index is 1.69. The number of nitrogens with one attached hydrogen (secondary N) is 1. The van der Waals surface area contributed by atoms with Crippen molar-refractivity contribution in [1.29, 1.82) is 0 Å². The number of ether oxygens (including phenoxy) is 1. The van der Waals surface area contributed by atoms with Crippen molar-refractivity contribution < 1.29 is 18.7 Å². The molecule has 29 heavy (non-hydrogen) atoms. The lowest BCUT2D eigenvalue weighted by Gasteiger charge is -2.12. The lowest BCUT2D eigenvalue weighted by molar-refractivity contribution is 0.0313. The van der Waals surface area contributed by atoms with E-state index >= 15 is 0 Å². The highest BCUT2D eigenvalue weighted by molar-refractivity contribution is 7.13. The largest absolute Gasteiger partial charge is 0.467 e. The molecule has 0 spiro atoms. The highest BCUT2D eigenvalue weighted by Crippen LogP contribution is 2.21. The first kappa shape index (κ1) is 20.6. The summed E-state index contributed by atoms with van der Waals surface area (Å²) in [7, 11) is 0. The third kappa shape index (κ3) is 4.65. The number of nitrogens with zero attached hydrogens (tertiary/aromatic N) is 2.